The minimum atomic E-state index is -3.46. The first-order valence-electron chi connectivity index (χ1n) is 12.1. The van der Waals surface area contributed by atoms with Crippen molar-refractivity contribution in [3.05, 3.63) is 65.4 Å². The minimum absolute atomic E-state index is 0.248. The molecule has 0 bridgehead atoms. The van der Waals surface area contributed by atoms with Gasteiger partial charge in [-0.1, -0.05) is 18.2 Å². The van der Waals surface area contributed by atoms with Crippen LogP contribution in [0.5, 0.6) is 0 Å². The number of likely N-dealkylation sites (N-methyl/N-ethyl adjacent to an activating group) is 1. The molecule has 0 aliphatic carbocycles. The molecule has 0 radical (unpaired) electrons. The van der Waals surface area contributed by atoms with Gasteiger partial charge in [-0.15, -0.1) is 0 Å². The maximum Gasteiger partial charge on any atom is 0.232 e. The number of anilines is 4. The molecule has 2 aromatic carbocycles. The largest absolute Gasteiger partial charge is 0.367 e. The molecule has 37 heavy (non-hydrogen) atoms. The number of piperazine rings is 1. The van der Waals surface area contributed by atoms with Gasteiger partial charge < -0.3 is 15.1 Å². The van der Waals surface area contributed by atoms with Crippen LogP contribution >= 0.6 is 0 Å². The highest BCUT2D eigenvalue weighted by Gasteiger charge is 2.22. The third-order valence-electron chi connectivity index (χ3n) is 6.72. The average molecular weight is 524 g/mol. The second-order valence-corrected chi connectivity index (χ2v) is 11.4. The van der Waals surface area contributed by atoms with E-state index in [1.54, 1.807) is 30.5 Å². The second kappa shape index (κ2) is 10.1. The van der Waals surface area contributed by atoms with Gasteiger partial charge in [0.1, 0.15) is 17.3 Å². The molecule has 1 saturated heterocycles. The van der Waals surface area contributed by atoms with Crippen molar-refractivity contribution in [3.63, 3.8) is 0 Å². The quantitative estimate of drug-likeness (QED) is 0.508. The summed E-state index contributed by atoms with van der Waals surface area (Å²) in [6.45, 7) is 3.41. The van der Waals surface area contributed by atoms with Crippen molar-refractivity contribution in [2.24, 2.45) is 4.99 Å². The van der Waals surface area contributed by atoms with Crippen LogP contribution < -0.4 is 14.5 Å². The first kappa shape index (κ1) is 25.1. The van der Waals surface area contributed by atoms with Crippen LogP contribution in [-0.4, -0.2) is 76.0 Å². The molecule has 2 aliphatic heterocycles. The predicted octanol–water partition coefficient (Wildman–Crippen LogP) is 3.36. The van der Waals surface area contributed by atoms with Gasteiger partial charge in [0, 0.05) is 52.3 Å². The summed E-state index contributed by atoms with van der Waals surface area (Å²) in [7, 11) is 0.118. The molecule has 1 fully saturated rings. The summed E-state index contributed by atoms with van der Waals surface area (Å²) in [6.07, 6.45) is 3.85. The topological polar surface area (TPSA) is 94.0 Å². The van der Waals surface area contributed by atoms with Gasteiger partial charge in [-0.05, 0) is 36.9 Å². The lowest BCUT2D eigenvalue weighted by molar-refractivity contribution is 0.311. The third kappa shape index (κ3) is 5.42. The van der Waals surface area contributed by atoms with E-state index in [1.165, 1.54) is 11.4 Å². The number of benzene rings is 2. The highest BCUT2D eigenvalue weighted by atomic mass is 32.2. The molecule has 0 saturated carbocycles. The summed E-state index contributed by atoms with van der Waals surface area (Å²) in [4.78, 5) is 18.1. The van der Waals surface area contributed by atoms with E-state index < -0.39 is 10.0 Å². The van der Waals surface area contributed by atoms with E-state index in [-0.39, 0.29) is 5.82 Å². The summed E-state index contributed by atoms with van der Waals surface area (Å²) in [6, 6.07) is 12.4. The standard InChI is InChI=1S/C26H30FN7O2S/c1-32-12-14-34(15-13-32)22-9-8-18(16-19(22)27)17-24-29-21-10-11-28-25(21)26(31-24)30-20-6-4-5-7-23(20)33(2)37(3,35)36/h4-9,11,16H,10,12-15,17H2,1-3H3,(H,29,30,31). The first-order chi connectivity index (χ1) is 17.7. The Hall–Kier alpha value is -3.57. The Labute approximate surface area is 216 Å². The first-order valence-corrected chi connectivity index (χ1v) is 14.0. The highest BCUT2D eigenvalue weighted by molar-refractivity contribution is 7.92. The van der Waals surface area contributed by atoms with E-state index >= 15 is 4.39 Å². The monoisotopic (exact) mass is 523 g/mol. The average Bonchev–Trinajstić information content (AvgIpc) is 3.33. The number of fused-ring (bicyclic) bond motifs is 1. The van der Waals surface area contributed by atoms with Crippen LogP contribution in [0, 0.1) is 5.82 Å². The summed E-state index contributed by atoms with van der Waals surface area (Å²) < 4.78 is 40.6. The lowest BCUT2D eigenvalue weighted by Gasteiger charge is -2.34. The van der Waals surface area contributed by atoms with Gasteiger partial charge >= 0.3 is 0 Å². The molecule has 9 nitrogen and oxygen atoms in total. The van der Waals surface area contributed by atoms with E-state index in [9.17, 15) is 8.42 Å². The molecule has 11 heteroatoms. The summed E-state index contributed by atoms with van der Waals surface area (Å²) in [5.74, 6) is 0.771. The van der Waals surface area contributed by atoms with Gasteiger partial charge in [-0.3, -0.25) is 9.30 Å². The number of halogens is 1. The van der Waals surface area contributed by atoms with Crippen LogP contribution in [0.15, 0.2) is 47.5 Å². The van der Waals surface area contributed by atoms with Crippen molar-refractivity contribution in [1.29, 1.82) is 0 Å². The van der Waals surface area contributed by atoms with Crippen molar-refractivity contribution in [2.75, 3.05) is 61.1 Å². The highest BCUT2D eigenvalue weighted by Crippen LogP contribution is 2.36. The Balaban J connectivity index is 1.41. The van der Waals surface area contributed by atoms with Crippen LogP contribution in [0.1, 0.15) is 17.1 Å². The molecule has 0 amide bonds. The fraction of sp³-hybridized carbons (Fsp3) is 0.346. The zero-order valence-electron chi connectivity index (χ0n) is 21.1. The third-order valence-corrected chi connectivity index (χ3v) is 7.91. The SMILES string of the molecule is CN1CCN(c2ccc(Cc3nc4c(c(Nc5ccccc5N(C)S(C)(=O)=O)n3)N=CC4)cc2F)CC1. The van der Waals surface area contributed by atoms with Crippen LogP contribution in [0.3, 0.4) is 0 Å². The van der Waals surface area contributed by atoms with Crippen molar-refractivity contribution in [2.45, 2.75) is 12.8 Å². The molecule has 1 N–H and O–H groups in total. The van der Waals surface area contributed by atoms with Gasteiger partial charge in [-0.25, -0.2) is 22.8 Å². The van der Waals surface area contributed by atoms with Crippen LogP contribution in [0.2, 0.25) is 0 Å². The molecule has 5 rings (SSSR count). The molecular weight excluding hydrogens is 493 g/mol. The Morgan fingerprint density at radius 3 is 2.57 bits per heavy atom. The maximum atomic E-state index is 15.1. The Kier molecular flexibility index (Phi) is 6.82. The van der Waals surface area contributed by atoms with Gasteiger partial charge in [0.15, 0.2) is 5.82 Å². The zero-order valence-corrected chi connectivity index (χ0v) is 22.0. The fourth-order valence-electron chi connectivity index (χ4n) is 4.53. The van der Waals surface area contributed by atoms with E-state index in [2.05, 4.69) is 32.1 Å². The molecule has 0 spiro atoms. The summed E-state index contributed by atoms with van der Waals surface area (Å²) >= 11 is 0. The van der Waals surface area contributed by atoms with E-state index in [1.807, 2.05) is 18.2 Å². The number of aromatic nitrogens is 2. The van der Waals surface area contributed by atoms with Gasteiger partial charge in [0.2, 0.25) is 10.0 Å². The number of para-hydroxylation sites is 2. The molecule has 2 aliphatic rings. The van der Waals surface area contributed by atoms with Crippen molar-refractivity contribution < 1.29 is 12.8 Å². The van der Waals surface area contributed by atoms with E-state index in [0.717, 1.165) is 43.7 Å². The van der Waals surface area contributed by atoms with Crippen molar-refractivity contribution in [3.8, 4) is 0 Å². The molecule has 0 atom stereocenters. The Morgan fingerprint density at radius 2 is 1.84 bits per heavy atom. The zero-order chi connectivity index (χ0) is 26.2. The van der Waals surface area contributed by atoms with Gasteiger partial charge in [-0.2, -0.15) is 0 Å². The van der Waals surface area contributed by atoms with Crippen LogP contribution in [-0.2, 0) is 22.9 Å². The summed E-state index contributed by atoms with van der Waals surface area (Å²) in [5.41, 5.74) is 3.86. The molecule has 1 aromatic heterocycles. The molecular formula is C26H30FN7O2S. The summed E-state index contributed by atoms with van der Waals surface area (Å²) in [5, 5.41) is 3.26. The number of hydrogen-bond donors (Lipinski definition) is 1. The number of hydrogen-bond acceptors (Lipinski definition) is 8. The molecule has 0 unspecified atom stereocenters. The van der Waals surface area contributed by atoms with E-state index in [0.29, 0.717) is 47.2 Å². The molecule has 194 valence electrons. The maximum absolute atomic E-state index is 15.1. The fourth-order valence-corrected chi connectivity index (χ4v) is 5.04. The van der Waals surface area contributed by atoms with Gasteiger partial charge in [0.05, 0.1) is 29.0 Å². The van der Waals surface area contributed by atoms with E-state index in [4.69, 9.17) is 4.98 Å². The molecule has 3 aromatic rings. The number of nitrogens with zero attached hydrogens (tertiary/aromatic N) is 6. The Morgan fingerprint density at radius 1 is 1.08 bits per heavy atom. The van der Waals surface area contributed by atoms with Crippen LogP contribution in [0.25, 0.3) is 0 Å². The van der Waals surface area contributed by atoms with Gasteiger partial charge in [0.25, 0.3) is 0 Å². The number of sulfonamides is 1. The van der Waals surface area contributed by atoms with Crippen molar-refractivity contribution in [1.82, 2.24) is 14.9 Å². The lowest BCUT2D eigenvalue weighted by Crippen LogP contribution is -2.44. The number of aliphatic imine (C=N–C) groups is 1. The Bertz CT molecular complexity index is 1450. The predicted molar refractivity (Wildman–Crippen MR) is 146 cm³/mol. The number of rotatable bonds is 7. The molecule has 3 heterocycles. The van der Waals surface area contributed by atoms with Crippen LogP contribution in [0.4, 0.5) is 33.0 Å². The normalized spacial score (nSPS) is 15.6. The second-order valence-electron chi connectivity index (χ2n) is 9.43. The van der Waals surface area contributed by atoms with Crippen molar-refractivity contribution >= 4 is 44.8 Å². The minimum Gasteiger partial charge on any atom is -0.367 e. The smallest absolute Gasteiger partial charge is 0.232 e. The lowest BCUT2D eigenvalue weighted by atomic mass is 10.1. The number of nitrogens with one attached hydrogen (secondary N) is 1.